The summed E-state index contributed by atoms with van der Waals surface area (Å²) in [7, 11) is -3.84. The summed E-state index contributed by atoms with van der Waals surface area (Å²) in [4.78, 5) is 11.0. The number of fused-ring (bicyclic) bond motifs is 1. The molecule has 0 amide bonds. The van der Waals surface area contributed by atoms with Gasteiger partial charge in [0.05, 0.1) is 5.56 Å². The molecular weight excluding hydrogens is 334 g/mol. The van der Waals surface area contributed by atoms with Crippen molar-refractivity contribution in [2.24, 2.45) is 0 Å². The van der Waals surface area contributed by atoms with Gasteiger partial charge in [-0.05, 0) is 29.8 Å². The van der Waals surface area contributed by atoms with Gasteiger partial charge in [0.1, 0.15) is 18.1 Å². The SMILES string of the molecule is O=C(O)c1cccc(CNS(=O)(=O)c2cccc3c2OCCO3)c1. The van der Waals surface area contributed by atoms with E-state index in [-0.39, 0.29) is 29.4 Å². The Bertz CT molecular complexity index is 878. The lowest BCUT2D eigenvalue weighted by molar-refractivity contribution is 0.0696. The van der Waals surface area contributed by atoms with Crippen molar-refractivity contribution in [1.82, 2.24) is 4.72 Å². The van der Waals surface area contributed by atoms with Gasteiger partial charge in [0.2, 0.25) is 10.0 Å². The maximum atomic E-state index is 12.5. The fraction of sp³-hybridized carbons (Fsp3) is 0.188. The van der Waals surface area contributed by atoms with Crippen LogP contribution in [0.3, 0.4) is 0 Å². The van der Waals surface area contributed by atoms with E-state index in [0.717, 1.165) is 0 Å². The maximum Gasteiger partial charge on any atom is 0.335 e. The number of carboxylic acid groups (broad SMARTS) is 1. The number of rotatable bonds is 5. The molecule has 0 atom stereocenters. The third-order valence-electron chi connectivity index (χ3n) is 3.46. The van der Waals surface area contributed by atoms with Gasteiger partial charge in [-0.1, -0.05) is 18.2 Å². The minimum atomic E-state index is -3.84. The number of aromatic carboxylic acids is 1. The minimum absolute atomic E-state index is 0.00547. The zero-order chi connectivity index (χ0) is 17.2. The lowest BCUT2D eigenvalue weighted by atomic mass is 10.1. The van der Waals surface area contributed by atoms with Crippen molar-refractivity contribution in [3.63, 3.8) is 0 Å². The van der Waals surface area contributed by atoms with E-state index in [1.807, 2.05) is 0 Å². The van der Waals surface area contributed by atoms with Crippen molar-refractivity contribution < 1.29 is 27.8 Å². The zero-order valence-corrected chi connectivity index (χ0v) is 13.4. The first kappa shape index (κ1) is 16.3. The molecule has 0 spiro atoms. The topological polar surface area (TPSA) is 102 Å². The van der Waals surface area contributed by atoms with Crippen molar-refractivity contribution in [3.8, 4) is 11.5 Å². The van der Waals surface area contributed by atoms with Gasteiger partial charge in [-0.15, -0.1) is 0 Å². The molecule has 0 fully saturated rings. The predicted octanol–water partition coefficient (Wildman–Crippen LogP) is 1.63. The summed E-state index contributed by atoms with van der Waals surface area (Å²) in [5.74, 6) is -0.491. The summed E-state index contributed by atoms with van der Waals surface area (Å²) >= 11 is 0. The molecule has 0 unspecified atom stereocenters. The molecule has 0 saturated heterocycles. The Kier molecular flexibility index (Phi) is 4.41. The van der Waals surface area contributed by atoms with Gasteiger partial charge >= 0.3 is 5.97 Å². The van der Waals surface area contributed by atoms with Crippen LogP contribution in [0.4, 0.5) is 0 Å². The van der Waals surface area contributed by atoms with Crippen LogP contribution in [0.15, 0.2) is 47.4 Å². The van der Waals surface area contributed by atoms with Crippen molar-refractivity contribution in [2.45, 2.75) is 11.4 Å². The molecule has 0 bridgehead atoms. The van der Waals surface area contributed by atoms with E-state index in [2.05, 4.69) is 4.72 Å². The van der Waals surface area contributed by atoms with E-state index < -0.39 is 16.0 Å². The molecule has 2 aromatic carbocycles. The van der Waals surface area contributed by atoms with Gasteiger partial charge < -0.3 is 14.6 Å². The number of benzene rings is 2. The Morgan fingerprint density at radius 1 is 1.12 bits per heavy atom. The molecule has 1 aliphatic heterocycles. The van der Waals surface area contributed by atoms with Gasteiger partial charge in [0, 0.05) is 6.54 Å². The summed E-state index contributed by atoms with van der Waals surface area (Å²) in [6.07, 6.45) is 0. The second-order valence-corrected chi connectivity index (χ2v) is 6.85. The highest BCUT2D eigenvalue weighted by atomic mass is 32.2. The fourth-order valence-corrected chi connectivity index (χ4v) is 3.50. The lowest BCUT2D eigenvalue weighted by Crippen LogP contribution is -2.25. The van der Waals surface area contributed by atoms with Crippen molar-refractivity contribution >= 4 is 16.0 Å². The van der Waals surface area contributed by atoms with Crippen LogP contribution in [-0.2, 0) is 16.6 Å². The first-order valence-corrected chi connectivity index (χ1v) is 8.66. The molecule has 24 heavy (non-hydrogen) atoms. The Balaban J connectivity index is 1.82. The van der Waals surface area contributed by atoms with Crippen LogP contribution in [0, 0.1) is 0 Å². The highest BCUT2D eigenvalue weighted by Gasteiger charge is 2.24. The highest BCUT2D eigenvalue weighted by molar-refractivity contribution is 7.89. The maximum absolute atomic E-state index is 12.5. The molecule has 0 radical (unpaired) electrons. The normalized spacial score (nSPS) is 13.5. The quantitative estimate of drug-likeness (QED) is 0.851. The van der Waals surface area contributed by atoms with E-state index in [1.54, 1.807) is 24.3 Å². The van der Waals surface area contributed by atoms with Gasteiger partial charge in [0.15, 0.2) is 11.5 Å². The molecule has 126 valence electrons. The predicted molar refractivity (Wildman–Crippen MR) is 84.9 cm³/mol. The third kappa shape index (κ3) is 3.34. The van der Waals surface area contributed by atoms with E-state index in [0.29, 0.717) is 17.9 Å². The smallest absolute Gasteiger partial charge is 0.335 e. The van der Waals surface area contributed by atoms with Crippen LogP contribution in [0.1, 0.15) is 15.9 Å². The lowest BCUT2D eigenvalue weighted by Gasteiger charge is -2.20. The van der Waals surface area contributed by atoms with Crippen LogP contribution < -0.4 is 14.2 Å². The van der Waals surface area contributed by atoms with E-state index in [4.69, 9.17) is 14.6 Å². The number of hydrogen-bond donors (Lipinski definition) is 2. The number of nitrogens with one attached hydrogen (secondary N) is 1. The Hall–Kier alpha value is -2.58. The zero-order valence-electron chi connectivity index (χ0n) is 12.6. The van der Waals surface area contributed by atoms with Crippen molar-refractivity contribution in [2.75, 3.05) is 13.2 Å². The summed E-state index contributed by atoms with van der Waals surface area (Å²) in [5, 5.41) is 8.98. The van der Waals surface area contributed by atoms with E-state index in [1.165, 1.54) is 18.2 Å². The molecule has 1 heterocycles. The van der Waals surface area contributed by atoms with Crippen LogP contribution >= 0.6 is 0 Å². The first-order chi connectivity index (χ1) is 11.5. The standard InChI is InChI=1S/C16H15NO6S/c18-16(19)12-4-1-3-11(9-12)10-17-24(20,21)14-6-2-5-13-15(14)23-8-7-22-13/h1-6,9,17H,7-8,10H2,(H,18,19). The van der Waals surface area contributed by atoms with Gasteiger partial charge in [-0.3, -0.25) is 0 Å². The van der Waals surface area contributed by atoms with Gasteiger partial charge in [-0.2, -0.15) is 0 Å². The van der Waals surface area contributed by atoms with Gasteiger partial charge in [0.25, 0.3) is 0 Å². The Morgan fingerprint density at radius 2 is 1.88 bits per heavy atom. The Morgan fingerprint density at radius 3 is 2.67 bits per heavy atom. The molecular formula is C16H15NO6S. The second-order valence-electron chi connectivity index (χ2n) is 5.11. The summed E-state index contributed by atoms with van der Waals surface area (Å²) in [6.45, 7) is 0.611. The van der Waals surface area contributed by atoms with Gasteiger partial charge in [-0.25, -0.2) is 17.9 Å². The molecule has 3 rings (SSSR count). The van der Waals surface area contributed by atoms with Crippen LogP contribution in [-0.4, -0.2) is 32.7 Å². The minimum Gasteiger partial charge on any atom is -0.486 e. The number of carbonyl (C=O) groups is 1. The summed E-state index contributed by atoms with van der Waals surface area (Å²) < 4.78 is 38.3. The third-order valence-corrected chi connectivity index (χ3v) is 4.88. The number of hydrogen-bond acceptors (Lipinski definition) is 5. The largest absolute Gasteiger partial charge is 0.486 e. The number of sulfonamides is 1. The molecule has 0 saturated carbocycles. The number of carboxylic acids is 1. The molecule has 8 heteroatoms. The number of ether oxygens (including phenoxy) is 2. The van der Waals surface area contributed by atoms with Crippen LogP contribution in [0.5, 0.6) is 11.5 Å². The molecule has 0 aliphatic carbocycles. The second kappa shape index (κ2) is 6.50. The first-order valence-electron chi connectivity index (χ1n) is 7.18. The monoisotopic (exact) mass is 349 g/mol. The molecule has 2 aromatic rings. The molecule has 7 nitrogen and oxygen atoms in total. The van der Waals surface area contributed by atoms with Crippen LogP contribution in [0.2, 0.25) is 0 Å². The molecule has 2 N–H and O–H groups in total. The Labute approximate surface area is 138 Å². The average Bonchev–Trinajstić information content (AvgIpc) is 2.60. The highest BCUT2D eigenvalue weighted by Crippen LogP contribution is 2.36. The van der Waals surface area contributed by atoms with E-state index >= 15 is 0 Å². The summed E-state index contributed by atoms with van der Waals surface area (Å²) in [5.41, 5.74) is 0.640. The average molecular weight is 349 g/mol. The summed E-state index contributed by atoms with van der Waals surface area (Å²) in [6, 6.07) is 10.7. The number of para-hydroxylation sites is 1. The van der Waals surface area contributed by atoms with Crippen molar-refractivity contribution in [3.05, 3.63) is 53.6 Å². The molecule has 1 aliphatic rings. The fourth-order valence-electron chi connectivity index (χ4n) is 2.33. The van der Waals surface area contributed by atoms with Crippen molar-refractivity contribution in [1.29, 1.82) is 0 Å². The molecule has 0 aromatic heterocycles. The van der Waals surface area contributed by atoms with E-state index in [9.17, 15) is 13.2 Å². The van der Waals surface area contributed by atoms with Crippen LogP contribution in [0.25, 0.3) is 0 Å².